The normalized spacial score (nSPS) is 17.8. The van der Waals surface area contributed by atoms with Gasteiger partial charge in [0, 0.05) is 30.9 Å². The largest absolute Gasteiger partial charge is 0.497 e. The highest BCUT2D eigenvalue weighted by Gasteiger charge is 2.31. The van der Waals surface area contributed by atoms with Gasteiger partial charge < -0.3 is 14.5 Å². The number of hydrogen-bond acceptors (Lipinski definition) is 3. The minimum atomic E-state index is 0.140. The Hall–Kier alpha value is -2.77. The molecule has 140 valence electrons. The summed E-state index contributed by atoms with van der Waals surface area (Å²) in [5, 5.41) is 0. The summed E-state index contributed by atoms with van der Waals surface area (Å²) < 4.78 is 5.36. The SMILES string of the molecule is COc1ccc(C(c2cc3c4c(c2)CCN4C(=S)CC3)N2C=CC#CC2)cc1. The van der Waals surface area contributed by atoms with E-state index in [0.717, 1.165) is 43.1 Å². The maximum atomic E-state index is 5.60. The number of aryl methyl sites for hydroxylation is 1. The molecule has 0 saturated carbocycles. The Balaban J connectivity index is 1.61. The maximum absolute atomic E-state index is 5.60. The van der Waals surface area contributed by atoms with E-state index in [1.807, 2.05) is 18.2 Å². The van der Waals surface area contributed by atoms with Gasteiger partial charge in [-0.2, -0.15) is 0 Å². The number of ether oxygens (including phenoxy) is 1. The quantitative estimate of drug-likeness (QED) is 0.576. The minimum absolute atomic E-state index is 0.140. The molecule has 0 saturated heterocycles. The van der Waals surface area contributed by atoms with Crippen LogP contribution in [0.3, 0.4) is 0 Å². The fourth-order valence-corrected chi connectivity index (χ4v) is 4.85. The van der Waals surface area contributed by atoms with Crippen LogP contribution in [0.25, 0.3) is 0 Å². The van der Waals surface area contributed by atoms with Crippen LogP contribution in [0, 0.1) is 11.8 Å². The third kappa shape index (κ3) is 2.87. The van der Waals surface area contributed by atoms with Crippen LogP contribution < -0.4 is 9.64 Å². The van der Waals surface area contributed by atoms with Gasteiger partial charge in [0.2, 0.25) is 0 Å². The van der Waals surface area contributed by atoms with E-state index in [9.17, 15) is 0 Å². The van der Waals surface area contributed by atoms with Gasteiger partial charge in [-0.25, -0.2) is 0 Å². The van der Waals surface area contributed by atoms with Gasteiger partial charge in [0.25, 0.3) is 0 Å². The van der Waals surface area contributed by atoms with Crippen molar-refractivity contribution in [3.63, 3.8) is 0 Å². The molecule has 1 atom stereocenters. The van der Waals surface area contributed by atoms with Crippen molar-refractivity contribution >= 4 is 22.9 Å². The summed E-state index contributed by atoms with van der Waals surface area (Å²) in [6.45, 7) is 1.75. The summed E-state index contributed by atoms with van der Waals surface area (Å²) in [7, 11) is 1.71. The molecule has 0 spiro atoms. The van der Waals surface area contributed by atoms with Gasteiger partial charge in [0.15, 0.2) is 0 Å². The zero-order valence-corrected chi connectivity index (χ0v) is 16.8. The number of thiocarbonyl (C=S) groups is 1. The number of methoxy groups -OCH3 is 1. The van der Waals surface area contributed by atoms with Crippen molar-refractivity contribution in [1.82, 2.24) is 4.90 Å². The smallest absolute Gasteiger partial charge is 0.118 e. The Morgan fingerprint density at radius 2 is 1.82 bits per heavy atom. The van der Waals surface area contributed by atoms with Crippen molar-refractivity contribution in [3.8, 4) is 17.6 Å². The average molecular weight is 387 g/mol. The summed E-state index contributed by atoms with van der Waals surface area (Å²) in [6.07, 6.45) is 7.15. The van der Waals surface area contributed by atoms with Crippen molar-refractivity contribution in [1.29, 1.82) is 0 Å². The molecular weight excluding hydrogens is 364 g/mol. The molecule has 3 nitrogen and oxygen atoms in total. The Labute approximate surface area is 171 Å². The highest BCUT2D eigenvalue weighted by Crippen LogP contribution is 2.41. The van der Waals surface area contributed by atoms with Crippen molar-refractivity contribution < 1.29 is 4.74 Å². The first-order valence-electron chi connectivity index (χ1n) is 9.75. The molecule has 1 unspecified atom stereocenters. The molecule has 0 bridgehead atoms. The third-order valence-corrected chi connectivity index (χ3v) is 6.29. The molecular formula is C24H22N2OS. The minimum Gasteiger partial charge on any atom is -0.497 e. The number of anilines is 1. The predicted molar refractivity (Wildman–Crippen MR) is 117 cm³/mol. The Morgan fingerprint density at radius 3 is 2.54 bits per heavy atom. The molecule has 2 aromatic carbocycles. The number of nitrogens with zero attached hydrogens (tertiary/aromatic N) is 2. The molecule has 28 heavy (non-hydrogen) atoms. The lowest BCUT2D eigenvalue weighted by molar-refractivity contribution is 0.352. The average Bonchev–Trinajstić information content (AvgIpc) is 3.18. The van der Waals surface area contributed by atoms with E-state index in [-0.39, 0.29) is 6.04 Å². The predicted octanol–water partition coefficient (Wildman–Crippen LogP) is 4.25. The molecule has 3 aliphatic rings. The van der Waals surface area contributed by atoms with Crippen molar-refractivity contribution in [2.45, 2.75) is 25.3 Å². The van der Waals surface area contributed by atoms with E-state index in [1.165, 1.54) is 27.9 Å². The Kier molecular flexibility index (Phi) is 4.33. The van der Waals surface area contributed by atoms with Gasteiger partial charge in [0.05, 0.1) is 24.7 Å². The summed E-state index contributed by atoms with van der Waals surface area (Å²) in [5.41, 5.74) is 6.83. The highest BCUT2D eigenvalue weighted by molar-refractivity contribution is 7.80. The molecule has 0 aromatic heterocycles. The topological polar surface area (TPSA) is 15.7 Å². The molecule has 3 aliphatic heterocycles. The number of hydrogen-bond donors (Lipinski definition) is 0. The fraction of sp³-hybridized carbons (Fsp3) is 0.292. The molecule has 2 aromatic rings. The first-order valence-corrected chi connectivity index (χ1v) is 10.2. The zero-order chi connectivity index (χ0) is 19.1. The second-order valence-electron chi connectivity index (χ2n) is 7.47. The monoisotopic (exact) mass is 386 g/mol. The van der Waals surface area contributed by atoms with E-state index in [2.05, 4.69) is 52.1 Å². The van der Waals surface area contributed by atoms with Crippen LogP contribution in [0.2, 0.25) is 0 Å². The molecule has 0 amide bonds. The number of rotatable bonds is 4. The second kappa shape index (κ2) is 7.00. The van der Waals surface area contributed by atoms with Crippen LogP contribution in [0.1, 0.15) is 34.7 Å². The summed E-state index contributed by atoms with van der Waals surface area (Å²) in [4.78, 5) is 5.77. The lowest BCUT2D eigenvalue weighted by Crippen LogP contribution is -2.31. The summed E-state index contributed by atoms with van der Waals surface area (Å²) >= 11 is 5.60. The zero-order valence-electron chi connectivity index (χ0n) is 15.9. The van der Waals surface area contributed by atoms with Crippen LogP contribution in [-0.4, -0.2) is 30.1 Å². The van der Waals surface area contributed by atoms with Crippen molar-refractivity contribution in [2.75, 3.05) is 25.1 Å². The van der Waals surface area contributed by atoms with E-state index in [4.69, 9.17) is 17.0 Å². The Morgan fingerprint density at radius 1 is 1.04 bits per heavy atom. The van der Waals surface area contributed by atoms with E-state index in [0.29, 0.717) is 0 Å². The van der Waals surface area contributed by atoms with Gasteiger partial charge in [-0.15, -0.1) is 0 Å². The van der Waals surface area contributed by atoms with Gasteiger partial charge in [-0.05, 0) is 47.2 Å². The molecule has 0 radical (unpaired) electrons. The molecule has 0 aliphatic carbocycles. The third-order valence-electron chi connectivity index (χ3n) is 5.87. The summed E-state index contributed by atoms with van der Waals surface area (Å²) in [5.74, 6) is 7.16. The first kappa shape index (κ1) is 17.3. The lowest BCUT2D eigenvalue weighted by atomic mass is 9.90. The standard InChI is InChI=1S/C24H22N2OS/c1-27-21-8-5-17(6-9-21)23(25-12-3-2-4-13-25)20-15-18-7-10-22(28)26-14-11-19(16-20)24(18)26/h3,5-6,8-9,12,15-16,23H,7,10-11,13-14H2,1H3. The van der Waals surface area contributed by atoms with E-state index < -0.39 is 0 Å². The van der Waals surface area contributed by atoms with Gasteiger partial charge in [-0.3, -0.25) is 0 Å². The second-order valence-corrected chi connectivity index (χ2v) is 7.94. The molecule has 3 heterocycles. The van der Waals surface area contributed by atoms with E-state index >= 15 is 0 Å². The van der Waals surface area contributed by atoms with Gasteiger partial charge in [-0.1, -0.05) is 48.3 Å². The molecule has 4 heteroatoms. The number of allylic oxidation sites excluding steroid dienone is 1. The van der Waals surface area contributed by atoms with Crippen molar-refractivity contribution in [2.24, 2.45) is 0 Å². The number of benzene rings is 2. The lowest BCUT2D eigenvalue weighted by Gasteiger charge is -2.33. The maximum Gasteiger partial charge on any atom is 0.118 e. The summed E-state index contributed by atoms with van der Waals surface area (Å²) in [6, 6.07) is 13.3. The van der Waals surface area contributed by atoms with Gasteiger partial charge in [0.1, 0.15) is 5.75 Å². The van der Waals surface area contributed by atoms with E-state index in [1.54, 1.807) is 7.11 Å². The van der Waals surface area contributed by atoms with Crippen LogP contribution in [0.15, 0.2) is 48.7 Å². The van der Waals surface area contributed by atoms with Crippen LogP contribution in [0.5, 0.6) is 5.75 Å². The molecule has 0 N–H and O–H groups in total. The first-order chi connectivity index (χ1) is 13.7. The Bertz CT molecular complexity index is 1030. The van der Waals surface area contributed by atoms with Crippen LogP contribution in [-0.2, 0) is 12.8 Å². The van der Waals surface area contributed by atoms with Gasteiger partial charge >= 0.3 is 0 Å². The molecule has 0 fully saturated rings. The van der Waals surface area contributed by atoms with Crippen LogP contribution >= 0.6 is 12.2 Å². The highest BCUT2D eigenvalue weighted by atomic mass is 32.1. The molecule has 5 rings (SSSR count). The fourth-order valence-electron chi connectivity index (χ4n) is 4.56. The van der Waals surface area contributed by atoms with Crippen molar-refractivity contribution in [3.05, 3.63) is 70.9 Å². The van der Waals surface area contributed by atoms with Crippen LogP contribution in [0.4, 0.5) is 5.69 Å².